The van der Waals surface area contributed by atoms with Crippen LogP contribution >= 0.6 is 0 Å². The quantitative estimate of drug-likeness (QED) is 0.789. The number of nitrogens with zero attached hydrogens (tertiary/aromatic N) is 2. The minimum Gasteiger partial charge on any atom is -0.332 e. The van der Waals surface area contributed by atoms with Gasteiger partial charge in [0.25, 0.3) is 0 Å². The third-order valence-electron chi connectivity index (χ3n) is 2.81. The summed E-state index contributed by atoms with van der Waals surface area (Å²) < 4.78 is 14.9. The zero-order valence-electron chi connectivity index (χ0n) is 8.78. The average molecular weight is 217 g/mol. The molecule has 0 bridgehead atoms. The molecule has 0 saturated heterocycles. The molecule has 3 nitrogen and oxygen atoms in total. The predicted molar refractivity (Wildman–Crippen MR) is 59.3 cm³/mol. The van der Waals surface area contributed by atoms with Crippen LogP contribution in [0.1, 0.15) is 5.82 Å². The molecule has 0 aliphatic carbocycles. The van der Waals surface area contributed by atoms with Crippen molar-refractivity contribution in [1.29, 1.82) is 0 Å². The molecule has 0 fully saturated rings. The first-order valence-corrected chi connectivity index (χ1v) is 5.35. The van der Waals surface area contributed by atoms with Crippen LogP contribution in [-0.2, 0) is 13.1 Å². The summed E-state index contributed by atoms with van der Waals surface area (Å²) in [6.45, 7) is 2.73. The molecule has 0 unspecified atom stereocenters. The Labute approximate surface area is 92.9 Å². The van der Waals surface area contributed by atoms with Gasteiger partial charge in [-0.2, -0.15) is 0 Å². The highest BCUT2D eigenvalue weighted by Crippen LogP contribution is 2.19. The van der Waals surface area contributed by atoms with Crippen molar-refractivity contribution in [2.45, 2.75) is 13.1 Å². The van der Waals surface area contributed by atoms with Gasteiger partial charge < -0.3 is 9.88 Å². The Bertz CT molecular complexity index is 478. The lowest BCUT2D eigenvalue weighted by molar-refractivity contribution is 0.505. The van der Waals surface area contributed by atoms with Crippen molar-refractivity contribution in [3.8, 4) is 11.3 Å². The van der Waals surface area contributed by atoms with Gasteiger partial charge in [0.05, 0.1) is 12.2 Å². The van der Waals surface area contributed by atoms with Crippen LogP contribution in [0.5, 0.6) is 0 Å². The fraction of sp³-hybridized carbons (Fsp3) is 0.250. The summed E-state index contributed by atoms with van der Waals surface area (Å²) in [5, 5.41) is 3.27. The Morgan fingerprint density at radius 3 is 2.81 bits per heavy atom. The second-order valence-electron chi connectivity index (χ2n) is 3.92. The van der Waals surface area contributed by atoms with Crippen molar-refractivity contribution < 1.29 is 4.39 Å². The van der Waals surface area contributed by atoms with Crippen LogP contribution in [-0.4, -0.2) is 16.1 Å². The first kappa shape index (κ1) is 9.54. The molecule has 16 heavy (non-hydrogen) atoms. The molecular formula is C12H12FN3. The smallest absolute Gasteiger partial charge is 0.123 e. The standard InChI is InChI=1S/C12H12FN3/c13-10-3-1-9(2-4-10)11-8-16-6-5-14-7-12(16)15-11/h1-4,8,14H,5-7H2. The lowest BCUT2D eigenvalue weighted by atomic mass is 10.2. The fourth-order valence-corrected chi connectivity index (χ4v) is 1.95. The molecule has 1 aromatic carbocycles. The molecule has 1 aliphatic heterocycles. The Morgan fingerprint density at radius 2 is 2.06 bits per heavy atom. The summed E-state index contributed by atoms with van der Waals surface area (Å²) in [5.74, 6) is 0.833. The van der Waals surface area contributed by atoms with E-state index in [4.69, 9.17) is 0 Å². The van der Waals surface area contributed by atoms with Crippen LogP contribution in [0.15, 0.2) is 30.5 Å². The molecule has 0 radical (unpaired) electrons. The number of benzene rings is 1. The van der Waals surface area contributed by atoms with E-state index in [0.29, 0.717) is 0 Å². The number of imidazole rings is 1. The van der Waals surface area contributed by atoms with Gasteiger partial charge in [-0.05, 0) is 24.3 Å². The zero-order valence-corrected chi connectivity index (χ0v) is 8.78. The topological polar surface area (TPSA) is 29.9 Å². The average Bonchev–Trinajstić information content (AvgIpc) is 2.73. The Balaban J connectivity index is 2.00. The molecule has 1 N–H and O–H groups in total. The van der Waals surface area contributed by atoms with Crippen molar-refractivity contribution in [3.05, 3.63) is 42.1 Å². The Morgan fingerprint density at radius 1 is 1.25 bits per heavy atom. The number of fused-ring (bicyclic) bond motifs is 1. The van der Waals surface area contributed by atoms with Gasteiger partial charge >= 0.3 is 0 Å². The van der Waals surface area contributed by atoms with Gasteiger partial charge in [0.1, 0.15) is 11.6 Å². The molecule has 82 valence electrons. The summed E-state index contributed by atoms with van der Waals surface area (Å²) in [6.07, 6.45) is 2.03. The minimum absolute atomic E-state index is 0.214. The van der Waals surface area contributed by atoms with Crippen molar-refractivity contribution in [2.75, 3.05) is 6.54 Å². The van der Waals surface area contributed by atoms with Gasteiger partial charge in [0, 0.05) is 24.8 Å². The van der Waals surface area contributed by atoms with E-state index in [0.717, 1.165) is 36.7 Å². The number of rotatable bonds is 1. The highest BCUT2D eigenvalue weighted by molar-refractivity contribution is 5.58. The van der Waals surface area contributed by atoms with Crippen molar-refractivity contribution >= 4 is 0 Å². The third-order valence-corrected chi connectivity index (χ3v) is 2.81. The van der Waals surface area contributed by atoms with E-state index in [1.807, 2.05) is 6.20 Å². The third kappa shape index (κ3) is 1.61. The number of halogens is 1. The lowest BCUT2D eigenvalue weighted by Gasteiger charge is -2.13. The number of nitrogens with one attached hydrogen (secondary N) is 1. The monoisotopic (exact) mass is 217 g/mol. The summed E-state index contributed by atoms with van der Waals surface area (Å²) in [6, 6.07) is 6.45. The largest absolute Gasteiger partial charge is 0.332 e. The SMILES string of the molecule is Fc1ccc(-c2cn3c(n2)CNCC3)cc1. The minimum atomic E-state index is -0.214. The van der Waals surface area contributed by atoms with Gasteiger partial charge in [-0.1, -0.05) is 0 Å². The van der Waals surface area contributed by atoms with Gasteiger partial charge in [0.15, 0.2) is 0 Å². The highest BCUT2D eigenvalue weighted by atomic mass is 19.1. The molecule has 0 amide bonds. The molecule has 1 aromatic heterocycles. The van der Waals surface area contributed by atoms with E-state index in [-0.39, 0.29) is 5.82 Å². The Kier molecular flexibility index (Phi) is 2.22. The molecule has 4 heteroatoms. The maximum Gasteiger partial charge on any atom is 0.123 e. The first-order valence-electron chi connectivity index (χ1n) is 5.35. The summed E-state index contributed by atoms with van der Waals surface area (Å²) in [4.78, 5) is 4.53. The molecule has 1 aliphatic rings. The fourth-order valence-electron chi connectivity index (χ4n) is 1.95. The maximum atomic E-state index is 12.8. The van der Waals surface area contributed by atoms with E-state index in [1.54, 1.807) is 12.1 Å². The second-order valence-corrected chi connectivity index (χ2v) is 3.92. The van der Waals surface area contributed by atoms with E-state index < -0.39 is 0 Å². The van der Waals surface area contributed by atoms with E-state index in [1.165, 1.54) is 12.1 Å². The molecular weight excluding hydrogens is 205 g/mol. The molecule has 0 saturated carbocycles. The van der Waals surface area contributed by atoms with Crippen LogP contribution in [0.3, 0.4) is 0 Å². The van der Waals surface area contributed by atoms with Gasteiger partial charge in [-0.15, -0.1) is 0 Å². The first-order chi connectivity index (χ1) is 7.83. The summed E-state index contributed by atoms with van der Waals surface area (Å²) in [5.41, 5.74) is 1.88. The molecule has 3 rings (SSSR count). The molecule has 0 atom stereocenters. The van der Waals surface area contributed by atoms with E-state index >= 15 is 0 Å². The van der Waals surface area contributed by atoms with Gasteiger partial charge in [-0.3, -0.25) is 0 Å². The highest BCUT2D eigenvalue weighted by Gasteiger charge is 2.12. The van der Waals surface area contributed by atoms with E-state index in [9.17, 15) is 4.39 Å². The second kappa shape index (κ2) is 3.72. The lowest BCUT2D eigenvalue weighted by Crippen LogP contribution is -2.27. The van der Waals surface area contributed by atoms with Crippen LogP contribution in [0.4, 0.5) is 4.39 Å². The summed E-state index contributed by atoms with van der Waals surface area (Å²) in [7, 11) is 0. The van der Waals surface area contributed by atoms with E-state index in [2.05, 4.69) is 14.9 Å². The van der Waals surface area contributed by atoms with Crippen molar-refractivity contribution in [3.63, 3.8) is 0 Å². The number of hydrogen-bond donors (Lipinski definition) is 1. The maximum absolute atomic E-state index is 12.8. The number of hydrogen-bond acceptors (Lipinski definition) is 2. The van der Waals surface area contributed by atoms with Crippen LogP contribution in [0.25, 0.3) is 11.3 Å². The molecule has 2 heterocycles. The number of aromatic nitrogens is 2. The summed E-state index contributed by atoms with van der Waals surface area (Å²) >= 11 is 0. The van der Waals surface area contributed by atoms with Gasteiger partial charge in [-0.25, -0.2) is 9.37 Å². The van der Waals surface area contributed by atoms with Crippen molar-refractivity contribution in [2.24, 2.45) is 0 Å². The normalized spacial score (nSPS) is 14.8. The van der Waals surface area contributed by atoms with Crippen LogP contribution in [0, 0.1) is 5.82 Å². The Hall–Kier alpha value is -1.68. The predicted octanol–water partition coefficient (Wildman–Crippen LogP) is 1.79. The molecule has 2 aromatic rings. The molecule has 0 spiro atoms. The van der Waals surface area contributed by atoms with Crippen molar-refractivity contribution in [1.82, 2.24) is 14.9 Å². The van der Waals surface area contributed by atoms with Crippen LogP contribution < -0.4 is 5.32 Å². The van der Waals surface area contributed by atoms with Crippen LogP contribution in [0.2, 0.25) is 0 Å². The van der Waals surface area contributed by atoms with Gasteiger partial charge in [0.2, 0.25) is 0 Å². The zero-order chi connectivity index (χ0) is 11.0.